The predicted molar refractivity (Wildman–Crippen MR) is 136 cm³/mol. The van der Waals surface area contributed by atoms with Crippen LogP contribution in [-0.4, -0.2) is 65.0 Å². The molecule has 214 valence electrons. The van der Waals surface area contributed by atoms with E-state index >= 15 is 0 Å². The van der Waals surface area contributed by atoms with Gasteiger partial charge in [-0.25, -0.2) is 4.39 Å². The van der Waals surface area contributed by atoms with Gasteiger partial charge < -0.3 is 34.1 Å². The Kier molecular flexibility index (Phi) is 6.03. The molecule has 2 atom stereocenters. The van der Waals surface area contributed by atoms with Gasteiger partial charge in [0.15, 0.2) is 17.3 Å². The molecule has 0 aromatic heterocycles. The molecular weight excluding hydrogens is 563 g/mol. The molecule has 0 saturated carbocycles. The van der Waals surface area contributed by atoms with Gasteiger partial charge in [-0.05, 0) is 37.3 Å². The molecule has 0 amide bonds. The minimum Gasteiger partial charge on any atom is -0.507 e. The van der Waals surface area contributed by atoms with Crippen molar-refractivity contribution in [2.75, 3.05) is 13.2 Å². The van der Waals surface area contributed by atoms with Crippen molar-refractivity contribution in [3.05, 3.63) is 81.7 Å². The molecular formula is C28H23FO11S. The lowest BCUT2D eigenvalue weighted by atomic mass is 9.70. The first-order chi connectivity index (χ1) is 19.3. The number of ketones is 2. The summed E-state index contributed by atoms with van der Waals surface area (Å²) in [7, 11) is -4.58. The lowest BCUT2D eigenvalue weighted by molar-refractivity contribution is -0.269. The first kappa shape index (κ1) is 27.3. The van der Waals surface area contributed by atoms with Crippen LogP contribution in [0, 0.1) is 5.82 Å². The fourth-order valence-corrected chi connectivity index (χ4v) is 6.68. The molecule has 2 aliphatic carbocycles. The average Bonchev–Trinajstić information content (AvgIpc) is 3.37. The number of fused-ring (bicyclic) bond motifs is 3. The molecule has 6 rings (SSSR count). The third-order valence-corrected chi connectivity index (χ3v) is 9.11. The number of aliphatic hydroxyl groups is 2. The molecule has 3 aromatic rings. The van der Waals surface area contributed by atoms with Crippen LogP contribution in [0.1, 0.15) is 62.4 Å². The summed E-state index contributed by atoms with van der Waals surface area (Å²) in [5, 5.41) is 45.0. The Balaban J connectivity index is 1.47. The van der Waals surface area contributed by atoms with Crippen molar-refractivity contribution in [2.45, 2.75) is 42.2 Å². The Morgan fingerprint density at radius 1 is 0.951 bits per heavy atom. The maximum Gasteiger partial charge on any atom is 0.339 e. The Bertz CT molecular complexity index is 1740. The third kappa shape index (κ3) is 3.95. The van der Waals surface area contributed by atoms with E-state index in [1.54, 1.807) is 0 Å². The van der Waals surface area contributed by atoms with E-state index in [-0.39, 0.29) is 29.9 Å². The van der Waals surface area contributed by atoms with E-state index in [4.69, 9.17) is 13.7 Å². The fourth-order valence-electron chi connectivity index (χ4n) is 5.74. The molecule has 0 radical (unpaired) electrons. The van der Waals surface area contributed by atoms with Gasteiger partial charge in [-0.2, -0.15) is 8.42 Å². The minimum atomic E-state index is -4.58. The smallest absolute Gasteiger partial charge is 0.339 e. The van der Waals surface area contributed by atoms with Crippen LogP contribution in [0.25, 0.3) is 0 Å². The van der Waals surface area contributed by atoms with Crippen molar-refractivity contribution in [2.24, 2.45) is 0 Å². The summed E-state index contributed by atoms with van der Waals surface area (Å²) < 4.78 is 55.4. The van der Waals surface area contributed by atoms with E-state index in [0.717, 1.165) is 30.3 Å². The maximum absolute atomic E-state index is 13.8. The van der Waals surface area contributed by atoms with E-state index in [9.17, 15) is 42.8 Å². The van der Waals surface area contributed by atoms with Crippen LogP contribution in [0.4, 0.5) is 4.39 Å². The van der Waals surface area contributed by atoms with Gasteiger partial charge >= 0.3 is 10.1 Å². The Labute approximate surface area is 232 Å². The first-order valence-electron chi connectivity index (χ1n) is 12.5. The zero-order chi connectivity index (χ0) is 29.5. The molecule has 2 unspecified atom stereocenters. The number of hydrogen-bond donors (Lipinski definition) is 4. The van der Waals surface area contributed by atoms with Gasteiger partial charge in [-0.1, -0.05) is 12.1 Å². The largest absolute Gasteiger partial charge is 0.507 e. The molecule has 4 N–H and O–H groups in total. The van der Waals surface area contributed by atoms with Crippen molar-refractivity contribution in [3.8, 4) is 17.2 Å². The zero-order valence-corrected chi connectivity index (χ0v) is 22.2. The topological polar surface area (TPSA) is 177 Å². The molecule has 3 aliphatic rings. The minimum absolute atomic E-state index is 0.168. The van der Waals surface area contributed by atoms with Gasteiger partial charge in [0.25, 0.3) is 0 Å². The third-order valence-electron chi connectivity index (χ3n) is 7.86. The molecule has 11 nitrogen and oxygen atoms in total. The highest BCUT2D eigenvalue weighted by Gasteiger charge is 2.56. The van der Waals surface area contributed by atoms with Gasteiger partial charge in [-0.3, -0.25) is 9.59 Å². The van der Waals surface area contributed by atoms with E-state index < -0.39 is 96.7 Å². The number of phenolic OH excluding ortho intramolecular Hbond substituents is 2. The number of phenols is 2. The normalized spacial score (nSPS) is 23.1. The second kappa shape index (κ2) is 9.06. The van der Waals surface area contributed by atoms with Crippen LogP contribution in [0.5, 0.6) is 17.2 Å². The van der Waals surface area contributed by atoms with Crippen LogP contribution in [-0.2, 0) is 26.0 Å². The molecule has 0 spiro atoms. The Hall–Kier alpha value is -3.88. The molecule has 13 heteroatoms. The monoisotopic (exact) mass is 586 g/mol. The first-order valence-corrected chi connectivity index (χ1v) is 13.9. The lowest BCUT2D eigenvalue weighted by Gasteiger charge is -2.45. The van der Waals surface area contributed by atoms with E-state index in [0.29, 0.717) is 0 Å². The fraction of sp³-hybridized carbons (Fsp3) is 0.286. The number of halogens is 1. The highest BCUT2D eigenvalue weighted by molar-refractivity contribution is 7.87. The van der Waals surface area contributed by atoms with Crippen LogP contribution in [0.15, 0.2) is 47.4 Å². The average molecular weight is 587 g/mol. The van der Waals surface area contributed by atoms with E-state index in [1.165, 1.54) is 19.1 Å². The predicted octanol–water partition coefficient (Wildman–Crippen LogP) is 2.25. The second-order valence-electron chi connectivity index (χ2n) is 10.2. The van der Waals surface area contributed by atoms with E-state index in [2.05, 4.69) is 0 Å². The molecule has 41 heavy (non-hydrogen) atoms. The van der Waals surface area contributed by atoms with Crippen LogP contribution >= 0.6 is 0 Å². The van der Waals surface area contributed by atoms with Gasteiger partial charge in [0.05, 0.1) is 36.0 Å². The molecule has 1 aliphatic heterocycles. The van der Waals surface area contributed by atoms with Crippen LogP contribution < -0.4 is 4.18 Å². The number of hydrogen-bond acceptors (Lipinski definition) is 11. The summed E-state index contributed by atoms with van der Waals surface area (Å²) >= 11 is 0. The zero-order valence-electron chi connectivity index (χ0n) is 21.4. The number of aromatic hydroxyl groups is 2. The van der Waals surface area contributed by atoms with Gasteiger partial charge in [0.2, 0.25) is 5.78 Å². The number of aliphatic hydroxyl groups excluding tert-OH is 1. The highest BCUT2D eigenvalue weighted by atomic mass is 32.2. The molecule has 1 heterocycles. The maximum atomic E-state index is 13.8. The summed E-state index contributed by atoms with van der Waals surface area (Å²) in [5.41, 5.74) is -4.35. The van der Waals surface area contributed by atoms with Crippen molar-refractivity contribution in [1.82, 2.24) is 0 Å². The molecule has 0 bridgehead atoms. The lowest BCUT2D eigenvalue weighted by Crippen LogP contribution is -2.57. The standard InChI is InChI=1S/C28H23FO11S/c1-27(38-9-10-39-27)28(35)11-16-19(17(30)12-28)25(33)22-21(24(16)32)23(31)15-3-2-4-18(20(15)26(22)34)40-41(36,37)14-7-5-13(29)6-8-14/h2-8,17,30,32-33,35H,9-12H2,1H3. The summed E-state index contributed by atoms with van der Waals surface area (Å²) in [5.74, 6) is -6.29. The van der Waals surface area contributed by atoms with Gasteiger partial charge in [0.1, 0.15) is 27.8 Å². The van der Waals surface area contributed by atoms with Gasteiger partial charge in [-0.15, -0.1) is 0 Å². The number of carbonyl (C=O) groups excluding carboxylic acids is 2. The van der Waals surface area contributed by atoms with E-state index in [1.807, 2.05) is 0 Å². The molecule has 3 aromatic carbocycles. The van der Waals surface area contributed by atoms with Crippen LogP contribution in [0.2, 0.25) is 0 Å². The van der Waals surface area contributed by atoms with Crippen molar-refractivity contribution in [3.63, 3.8) is 0 Å². The SMILES string of the molecule is CC1(C2(O)Cc3c(O)c4c(c(O)c3C(O)C2)C(=O)c2c(OS(=O)(=O)c3ccc(F)cc3)cccc2C4=O)OCCO1. The van der Waals surface area contributed by atoms with Crippen molar-refractivity contribution < 1.29 is 56.5 Å². The highest BCUT2D eigenvalue weighted by Crippen LogP contribution is 2.53. The summed E-state index contributed by atoms with van der Waals surface area (Å²) in [6.45, 7) is 1.82. The van der Waals surface area contributed by atoms with Crippen molar-refractivity contribution >= 4 is 21.7 Å². The molecule has 1 fully saturated rings. The van der Waals surface area contributed by atoms with Gasteiger partial charge in [0, 0.05) is 29.5 Å². The number of carbonyl (C=O) groups is 2. The quantitative estimate of drug-likeness (QED) is 0.204. The summed E-state index contributed by atoms with van der Waals surface area (Å²) in [6, 6.07) is 7.34. The Morgan fingerprint density at radius 2 is 1.59 bits per heavy atom. The Morgan fingerprint density at radius 3 is 2.24 bits per heavy atom. The second-order valence-corrected chi connectivity index (χ2v) is 11.8. The number of rotatable bonds is 4. The summed E-state index contributed by atoms with van der Waals surface area (Å²) in [6.07, 6.45) is -2.40. The number of ether oxygens (including phenoxy) is 2. The number of benzene rings is 3. The van der Waals surface area contributed by atoms with Crippen molar-refractivity contribution in [1.29, 1.82) is 0 Å². The van der Waals surface area contributed by atoms with Crippen LogP contribution in [0.3, 0.4) is 0 Å². The molecule has 1 saturated heterocycles. The summed E-state index contributed by atoms with van der Waals surface area (Å²) in [4.78, 5) is 27.0.